The third-order valence-electron chi connectivity index (χ3n) is 4.21. The minimum atomic E-state index is -3.45. The number of nitrogens with one attached hydrogen (secondary N) is 1. The van der Waals surface area contributed by atoms with E-state index in [0.29, 0.717) is 11.6 Å². The summed E-state index contributed by atoms with van der Waals surface area (Å²) in [5.41, 5.74) is 0.220. The fourth-order valence-corrected chi connectivity index (χ4v) is 3.51. The molecular weight excluding hydrogens is 304 g/mol. The van der Waals surface area contributed by atoms with E-state index in [1.165, 1.54) is 18.6 Å². The number of hydrogen-bond acceptors (Lipinski definition) is 5. The Bertz CT molecular complexity index is 658. The molecule has 2 unspecified atom stereocenters. The summed E-state index contributed by atoms with van der Waals surface area (Å²) in [6.07, 6.45) is 6.40. The summed E-state index contributed by atoms with van der Waals surface area (Å²) in [6.45, 7) is 2.23. The molecule has 7 heteroatoms. The van der Waals surface area contributed by atoms with Gasteiger partial charge in [0.2, 0.25) is 0 Å². The number of sulfone groups is 1. The molecule has 1 aliphatic carbocycles. The van der Waals surface area contributed by atoms with Crippen LogP contribution in [0.2, 0.25) is 0 Å². The molecule has 0 amide bonds. The fourth-order valence-electron chi connectivity index (χ4n) is 2.87. The van der Waals surface area contributed by atoms with Crippen molar-refractivity contribution in [2.75, 3.05) is 11.6 Å². The largest absolute Gasteiger partial charge is 0.377 e. The van der Waals surface area contributed by atoms with E-state index in [0.717, 1.165) is 38.0 Å². The lowest BCUT2D eigenvalue weighted by Gasteiger charge is -2.18. The summed E-state index contributed by atoms with van der Waals surface area (Å²) < 4.78 is 23.1. The highest BCUT2D eigenvalue weighted by molar-refractivity contribution is 7.90. The zero-order valence-electron chi connectivity index (χ0n) is 12.9. The first kappa shape index (κ1) is 16.7. The third kappa shape index (κ3) is 4.19. The predicted octanol–water partition coefficient (Wildman–Crippen LogP) is 3.38. The number of nitrogens with zero attached hydrogens (tertiary/aromatic N) is 1. The predicted molar refractivity (Wildman–Crippen MR) is 85.9 cm³/mol. The van der Waals surface area contributed by atoms with Crippen LogP contribution in [-0.2, 0) is 9.84 Å². The molecule has 1 aromatic rings. The smallest absolute Gasteiger partial charge is 0.293 e. The van der Waals surface area contributed by atoms with Gasteiger partial charge in [-0.05, 0) is 37.3 Å². The van der Waals surface area contributed by atoms with Gasteiger partial charge in [-0.25, -0.2) is 8.42 Å². The van der Waals surface area contributed by atoms with Gasteiger partial charge in [0.05, 0.1) is 9.82 Å². The molecule has 0 bridgehead atoms. The van der Waals surface area contributed by atoms with Crippen LogP contribution in [-0.4, -0.2) is 25.6 Å². The third-order valence-corrected chi connectivity index (χ3v) is 5.32. The van der Waals surface area contributed by atoms with Crippen molar-refractivity contribution in [2.45, 2.75) is 50.0 Å². The van der Waals surface area contributed by atoms with Crippen molar-refractivity contribution in [3.05, 3.63) is 28.3 Å². The Morgan fingerprint density at radius 2 is 1.95 bits per heavy atom. The van der Waals surface area contributed by atoms with Crippen molar-refractivity contribution in [1.82, 2.24) is 0 Å². The van der Waals surface area contributed by atoms with Crippen molar-refractivity contribution in [2.24, 2.45) is 5.92 Å². The molecule has 2 atom stereocenters. The van der Waals surface area contributed by atoms with E-state index in [2.05, 4.69) is 12.2 Å². The normalized spacial score (nSPS) is 22.8. The van der Waals surface area contributed by atoms with E-state index in [9.17, 15) is 18.5 Å². The second kappa shape index (κ2) is 6.64. The summed E-state index contributed by atoms with van der Waals surface area (Å²) in [4.78, 5) is 10.7. The van der Waals surface area contributed by atoms with Crippen LogP contribution in [0.4, 0.5) is 11.4 Å². The number of anilines is 1. The van der Waals surface area contributed by atoms with E-state index in [-0.39, 0.29) is 16.6 Å². The van der Waals surface area contributed by atoms with Crippen LogP contribution in [0.5, 0.6) is 0 Å². The van der Waals surface area contributed by atoms with Gasteiger partial charge in [0, 0.05) is 18.4 Å². The van der Waals surface area contributed by atoms with Gasteiger partial charge >= 0.3 is 0 Å². The number of rotatable bonds is 4. The molecule has 1 saturated carbocycles. The SMILES string of the molecule is CC1CCCC(Nc2ccc(S(C)(=O)=O)cc2[N+](=O)[O-])CC1. The molecular formula is C15H22N2O4S. The maximum absolute atomic E-state index is 11.5. The highest BCUT2D eigenvalue weighted by atomic mass is 32.2. The van der Waals surface area contributed by atoms with Crippen LogP contribution in [0, 0.1) is 16.0 Å². The first-order valence-corrected chi connectivity index (χ1v) is 9.41. The van der Waals surface area contributed by atoms with Crippen LogP contribution >= 0.6 is 0 Å². The van der Waals surface area contributed by atoms with Crippen LogP contribution in [0.3, 0.4) is 0 Å². The molecule has 0 aliphatic heterocycles. The standard InChI is InChI=1S/C15H22N2O4S/c1-11-4-3-5-12(7-6-11)16-14-9-8-13(22(2,20)21)10-15(14)17(18)19/h8-12,16H,3-7H2,1-2H3. The van der Waals surface area contributed by atoms with Crippen molar-refractivity contribution >= 4 is 21.2 Å². The average molecular weight is 326 g/mol. The van der Waals surface area contributed by atoms with E-state index in [1.54, 1.807) is 0 Å². The highest BCUT2D eigenvalue weighted by Gasteiger charge is 2.22. The molecule has 2 rings (SSSR count). The van der Waals surface area contributed by atoms with Crippen molar-refractivity contribution in [3.8, 4) is 0 Å². The molecule has 0 heterocycles. The Morgan fingerprint density at radius 1 is 1.23 bits per heavy atom. The maximum Gasteiger partial charge on any atom is 0.293 e. The van der Waals surface area contributed by atoms with Crippen LogP contribution in [0.1, 0.15) is 39.0 Å². The van der Waals surface area contributed by atoms with E-state index in [1.807, 2.05) is 0 Å². The second-order valence-corrected chi connectivity index (χ2v) is 8.18. The molecule has 22 heavy (non-hydrogen) atoms. The first-order valence-electron chi connectivity index (χ1n) is 7.52. The van der Waals surface area contributed by atoms with Crippen LogP contribution < -0.4 is 5.32 Å². The molecule has 1 N–H and O–H groups in total. The Balaban J connectivity index is 2.25. The van der Waals surface area contributed by atoms with Gasteiger partial charge in [0.15, 0.2) is 9.84 Å². The monoisotopic (exact) mass is 326 g/mol. The lowest BCUT2D eigenvalue weighted by Crippen LogP contribution is -2.19. The fraction of sp³-hybridized carbons (Fsp3) is 0.600. The van der Waals surface area contributed by atoms with Crippen molar-refractivity contribution in [3.63, 3.8) is 0 Å². The van der Waals surface area contributed by atoms with E-state index >= 15 is 0 Å². The molecule has 122 valence electrons. The quantitative estimate of drug-likeness (QED) is 0.520. The number of benzene rings is 1. The molecule has 0 spiro atoms. The van der Waals surface area contributed by atoms with Crippen LogP contribution in [0.25, 0.3) is 0 Å². The Morgan fingerprint density at radius 3 is 2.59 bits per heavy atom. The molecule has 1 aliphatic rings. The highest BCUT2D eigenvalue weighted by Crippen LogP contribution is 2.31. The average Bonchev–Trinajstić information content (AvgIpc) is 2.62. The van der Waals surface area contributed by atoms with E-state index < -0.39 is 14.8 Å². The van der Waals surface area contributed by atoms with Gasteiger partial charge in [-0.1, -0.05) is 19.8 Å². The van der Waals surface area contributed by atoms with Gasteiger partial charge in [0.1, 0.15) is 5.69 Å². The Labute approximate surface area is 131 Å². The second-order valence-electron chi connectivity index (χ2n) is 6.16. The summed E-state index contributed by atoms with van der Waals surface area (Å²) in [7, 11) is -3.45. The Kier molecular flexibility index (Phi) is 5.05. The molecule has 0 aromatic heterocycles. The number of hydrogen-bond donors (Lipinski definition) is 1. The topological polar surface area (TPSA) is 89.3 Å². The van der Waals surface area contributed by atoms with Gasteiger partial charge in [-0.3, -0.25) is 10.1 Å². The number of nitro groups is 1. The first-order chi connectivity index (χ1) is 10.3. The summed E-state index contributed by atoms with van der Waals surface area (Å²) >= 11 is 0. The Hall–Kier alpha value is -1.63. The van der Waals surface area contributed by atoms with Gasteiger partial charge in [-0.2, -0.15) is 0 Å². The zero-order valence-corrected chi connectivity index (χ0v) is 13.7. The zero-order chi connectivity index (χ0) is 16.3. The maximum atomic E-state index is 11.5. The van der Waals surface area contributed by atoms with Crippen molar-refractivity contribution < 1.29 is 13.3 Å². The summed E-state index contributed by atoms with van der Waals surface area (Å²) in [5.74, 6) is 0.689. The summed E-state index contributed by atoms with van der Waals surface area (Å²) in [5, 5.41) is 14.5. The summed E-state index contributed by atoms with van der Waals surface area (Å²) in [6, 6.07) is 4.26. The minimum Gasteiger partial charge on any atom is -0.377 e. The van der Waals surface area contributed by atoms with Gasteiger partial charge < -0.3 is 5.32 Å². The minimum absolute atomic E-state index is 0.0285. The van der Waals surface area contributed by atoms with Gasteiger partial charge in [0.25, 0.3) is 5.69 Å². The lowest BCUT2D eigenvalue weighted by molar-refractivity contribution is -0.384. The van der Waals surface area contributed by atoms with Crippen molar-refractivity contribution in [1.29, 1.82) is 0 Å². The van der Waals surface area contributed by atoms with Crippen LogP contribution in [0.15, 0.2) is 23.1 Å². The lowest BCUT2D eigenvalue weighted by atomic mass is 10.0. The molecule has 1 fully saturated rings. The molecule has 1 aromatic carbocycles. The number of nitro benzene ring substituents is 1. The van der Waals surface area contributed by atoms with Gasteiger partial charge in [-0.15, -0.1) is 0 Å². The van der Waals surface area contributed by atoms with E-state index in [4.69, 9.17) is 0 Å². The molecule has 0 saturated heterocycles. The molecule has 0 radical (unpaired) electrons. The molecule has 6 nitrogen and oxygen atoms in total.